The molecule has 0 fully saturated rings. The van der Waals surface area contributed by atoms with E-state index in [4.69, 9.17) is 10.5 Å². The molecule has 5 nitrogen and oxygen atoms in total. The number of thiol groups is 1. The van der Waals surface area contributed by atoms with Crippen LogP contribution in [0.1, 0.15) is 30.1 Å². The molecule has 6 heteroatoms. The molecule has 1 aromatic carbocycles. The molecule has 0 spiro atoms. The Labute approximate surface area is 111 Å². The number of nitrogens with zero attached hydrogens (tertiary/aromatic N) is 1. The zero-order valence-electron chi connectivity index (χ0n) is 10.1. The first kappa shape index (κ1) is 14.4. The van der Waals surface area contributed by atoms with Crippen LogP contribution in [0.2, 0.25) is 0 Å². The molecule has 0 saturated heterocycles. The fourth-order valence-electron chi connectivity index (χ4n) is 1.26. The van der Waals surface area contributed by atoms with E-state index >= 15 is 0 Å². The van der Waals surface area contributed by atoms with Gasteiger partial charge >= 0.3 is 12.0 Å². The summed E-state index contributed by atoms with van der Waals surface area (Å²) in [5.74, 6) is -0.375. The smallest absolute Gasteiger partial charge is 0.338 e. The van der Waals surface area contributed by atoms with Gasteiger partial charge in [-0.1, -0.05) is 26.2 Å². The van der Waals surface area contributed by atoms with E-state index in [2.05, 4.69) is 12.8 Å². The van der Waals surface area contributed by atoms with Crippen molar-refractivity contribution < 1.29 is 14.3 Å². The predicted molar refractivity (Wildman–Crippen MR) is 72.7 cm³/mol. The fourth-order valence-corrected chi connectivity index (χ4v) is 1.39. The maximum absolute atomic E-state index is 11.6. The van der Waals surface area contributed by atoms with Gasteiger partial charge in [0.1, 0.15) is 0 Å². The summed E-state index contributed by atoms with van der Waals surface area (Å²) < 4.78 is 6.05. The number of ether oxygens (including phenoxy) is 1. The van der Waals surface area contributed by atoms with Gasteiger partial charge in [0.25, 0.3) is 0 Å². The van der Waals surface area contributed by atoms with Crippen molar-refractivity contribution in [3.05, 3.63) is 29.8 Å². The second-order valence-corrected chi connectivity index (χ2v) is 4.09. The van der Waals surface area contributed by atoms with Crippen LogP contribution >= 0.6 is 12.8 Å². The molecular weight excluding hydrogens is 252 g/mol. The molecule has 0 unspecified atom stereocenters. The first-order valence-electron chi connectivity index (χ1n) is 5.62. The molecule has 0 aliphatic rings. The molecule has 1 aromatic rings. The Balaban J connectivity index is 2.65. The number of esters is 1. The molecule has 0 aliphatic carbocycles. The Hall–Kier alpha value is -1.69. The molecule has 0 saturated carbocycles. The minimum atomic E-state index is -0.684. The third kappa shape index (κ3) is 3.96. The third-order valence-corrected chi connectivity index (χ3v) is 2.72. The molecule has 0 radical (unpaired) electrons. The minimum Gasteiger partial charge on any atom is -0.462 e. The number of nitrogens with two attached hydrogens (primary N) is 1. The highest BCUT2D eigenvalue weighted by Gasteiger charge is 2.10. The highest BCUT2D eigenvalue weighted by atomic mass is 32.1. The summed E-state index contributed by atoms with van der Waals surface area (Å²) >= 11 is 3.91. The molecule has 98 valence electrons. The Kier molecular flexibility index (Phi) is 5.51. The summed E-state index contributed by atoms with van der Waals surface area (Å²) in [6, 6.07) is 5.60. The number of anilines is 1. The van der Waals surface area contributed by atoms with E-state index in [0.29, 0.717) is 17.9 Å². The number of hydrogen-bond acceptors (Lipinski definition) is 4. The summed E-state index contributed by atoms with van der Waals surface area (Å²) in [5.41, 5.74) is 5.99. The monoisotopic (exact) mass is 268 g/mol. The average molecular weight is 268 g/mol. The number of urea groups is 1. The number of rotatable bonds is 5. The van der Waals surface area contributed by atoms with Crippen molar-refractivity contribution >= 4 is 30.5 Å². The normalized spacial score (nSPS) is 9.89. The highest BCUT2D eigenvalue weighted by molar-refractivity contribution is 7.82. The van der Waals surface area contributed by atoms with E-state index in [1.807, 2.05) is 6.92 Å². The Bertz CT molecular complexity index is 420. The number of hydrogen-bond donors (Lipinski definition) is 2. The van der Waals surface area contributed by atoms with E-state index in [9.17, 15) is 9.59 Å². The number of carbonyl (C=O) groups is 2. The topological polar surface area (TPSA) is 72.6 Å². The maximum Gasteiger partial charge on any atom is 0.338 e. The van der Waals surface area contributed by atoms with E-state index in [1.165, 1.54) is 0 Å². The van der Waals surface area contributed by atoms with Gasteiger partial charge in [-0.15, -0.1) is 0 Å². The van der Waals surface area contributed by atoms with Gasteiger partial charge in [-0.05, 0) is 30.7 Å². The summed E-state index contributed by atoms with van der Waals surface area (Å²) in [6.45, 7) is 2.44. The molecule has 0 atom stereocenters. The molecule has 0 heterocycles. The second-order valence-electron chi connectivity index (χ2n) is 3.69. The van der Waals surface area contributed by atoms with Gasteiger partial charge in [-0.2, -0.15) is 0 Å². The van der Waals surface area contributed by atoms with Crippen LogP contribution in [0.4, 0.5) is 10.5 Å². The lowest BCUT2D eigenvalue weighted by molar-refractivity contribution is 0.0500. The lowest BCUT2D eigenvalue weighted by Crippen LogP contribution is -2.27. The molecule has 2 amide bonds. The third-order valence-electron chi connectivity index (χ3n) is 2.29. The quantitative estimate of drug-likeness (QED) is 0.489. The van der Waals surface area contributed by atoms with E-state index in [0.717, 1.165) is 17.1 Å². The minimum absolute atomic E-state index is 0.375. The van der Waals surface area contributed by atoms with Crippen molar-refractivity contribution in [3.8, 4) is 0 Å². The van der Waals surface area contributed by atoms with Gasteiger partial charge in [0.2, 0.25) is 0 Å². The van der Waals surface area contributed by atoms with Gasteiger partial charge in [0, 0.05) is 0 Å². The molecule has 0 aromatic heterocycles. The largest absolute Gasteiger partial charge is 0.462 e. The maximum atomic E-state index is 11.6. The van der Waals surface area contributed by atoms with Crippen molar-refractivity contribution in [2.45, 2.75) is 19.8 Å². The van der Waals surface area contributed by atoms with E-state index in [1.54, 1.807) is 24.3 Å². The second kappa shape index (κ2) is 6.90. The number of carbonyl (C=O) groups excluding carboxylic acids is 2. The summed E-state index contributed by atoms with van der Waals surface area (Å²) in [7, 11) is 0. The average Bonchev–Trinajstić information content (AvgIpc) is 2.38. The fraction of sp³-hybridized carbons (Fsp3) is 0.333. The zero-order chi connectivity index (χ0) is 13.5. The van der Waals surface area contributed by atoms with Crippen molar-refractivity contribution in [1.29, 1.82) is 0 Å². The van der Waals surface area contributed by atoms with Crippen LogP contribution in [0.25, 0.3) is 0 Å². The summed E-state index contributed by atoms with van der Waals surface area (Å²) in [5, 5.41) is 0. The highest BCUT2D eigenvalue weighted by Crippen LogP contribution is 2.17. The zero-order valence-corrected chi connectivity index (χ0v) is 11.0. The first-order valence-corrected chi connectivity index (χ1v) is 6.02. The molecule has 2 N–H and O–H groups in total. The SMILES string of the molecule is CCCCOC(=O)c1ccc(N(S)C(N)=O)cc1. The van der Waals surface area contributed by atoms with Crippen LogP contribution < -0.4 is 10.0 Å². The molecule has 1 rings (SSSR count). The predicted octanol–water partition coefficient (Wildman–Crippen LogP) is 2.37. The number of unbranched alkanes of at least 4 members (excludes halogenated alkanes) is 1. The van der Waals surface area contributed by atoms with Crippen LogP contribution in [-0.4, -0.2) is 18.6 Å². The van der Waals surface area contributed by atoms with Crippen LogP contribution in [0.3, 0.4) is 0 Å². The van der Waals surface area contributed by atoms with Crippen LogP contribution in [0.15, 0.2) is 24.3 Å². The van der Waals surface area contributed by atoms with Crippen molar-refractivity contribution in [2.75, 3.05) is 10.9 Å². The van der Waals surface area contributed by atoms with Gasteiger partial charge in [0.05, 0.1) is 17.9 Å². The van der Waals surface area contributed by atoms with Crippen LogP contribution in [0.5, 0.6) is 0 Å². The Morgan fingerprint density at radius 1 is 1.33 bits per heavy atom. The molecule has 0 aliphatic heterocycles. The molecule has 0 bridgehead atoms. The standard InChI is InChI=1S/C12H16N2O3S/c1-2-3-8-17-11(15)9-4-6-10(7-5-9)14(18)12(13)16/h4-7,18H,2-3,8H2,1H3,(H2,13,16). The Morgan fingerprint density at radius 3 is 2.44 bits per heavy atom. The number of primary amides is 1. The summed E-state index contributed by atoms with van der Waals surface area (Å²) in [4.78, 5) is 22.5. The molecule has 18 heavy (non-hydrogen) atoms. The van der Waals surface area contributed by atoms with Crippen LogP contribution in [-0.2, 0) is 4.74 Å². The first-order chi connectivity index (χ1) is 8.56. The van der Waals surface area contributed by atoms with Gasteiger partial charge < -0.3 is 10.5 Å². The molecular formula is C12H16N2O3S. The lowest BCUT2D eigenvalue weighted by atomic mass is 10.2. The van der Waals surface area contributed by atoms with Gasteiger partial charge in [-0.3, -0.25) is 0 Å². The van der Waals surface area contributed by atoms with E-state index in [-0.39, 0.29) is 5.97 Å². The van der Waals surface area contributed by atoms with Crippen LogP contribution in [0, 0.1) is 0 Å². The van der Waals surface area contributed by atoms with Crippen molar-refractivity contribution in [1.82, 2.24) is 0 Å². The van der Waals surface area contributed by atoms with Gasteiger partial charge in [-0.25, -0.2) is 13.9 Å². The van der Waals surface area contributed by atoms with Crippen molar-refractivity contribution in [3.63, 3.8) is 0 Å². The lowest BCUT2D eigenvalue weighted by Gasteiger charge is -2.12. The number of benzene rings is 1. The summed E-state index contributed by atoms with van der Waals surface area (Å²) in [6.07, 6.45) is 1.81. The van der Waals surface area contributed by atoms with Crippen molar-refractivity contribution in [2.24, 2.45) is 5.73 Å². The van der Waals surface area contributed by atoms with E-state index < -0.39 is 6.03 Å². The van der Waals surface area contributed by atoms with Gasteiger partial charge in [0.15, 0.2) is 0 Å². The number of amides is 2. The Morgan fingerprint density at radius 2 is 1.94 bits per heavy atom.